The summed E-state index contributed by atoms with van der Waals surface area (Å²) >= 11 is 0. The maximum Gasteiger partial charge on any atom is 0.192 e. The molecule has 0 saturated heterocycles. The Bertz CT molecular complexity index is 4190. The number of hydrogen-bond acceptors (Lipinski definition) is 6. The zero-order valence-electron chi connectivity index (χ0n) is 40.9. The van der Waals surface area contributed by atoms with E-state index in [4.69, 9.17) is 19.4 Å². The number of aromatic nitrogens is 2. The summed E-state index contributed by atoms with van der Waals surface area (Å²) in [7, 11) is -5.67. The van der Waals surface area contributed by atoms with Gasteiger partial charge in [0.25, 0.3) is 0 Å². The first-order valence-electron chi connectivity index (χ1n) is 26.0. The van der Waals surface area contributed by atoms with Crippen LogP contribution in [0.1, 0.15) is 0 Å². The quantitative estimate of drug-likeness (QED) is 0.0977. The van der Waals surface area contributed by atoms with Crippen molar-refractivity contribution in [3.63, 3.8) is 0 Å². The second-order valence-corrected chi connectivity index (χ2v) is 27.6. The highest BCUT2D eigenvalue weighted by molar-refractivity contribution is 7.23. The molecule has 0 atom stereocenters. The Morgan fingerprint density at radius 3 is 0.921 bits per heavy atom. The average Bonchev–Trinajstić information content (AvgIpc) is 3.49. The van der Waals surface area contributed by atoms with Crippen molar-refractivity contribution in [3.8, 4) is 23.0 Å². The van der Waals surface area contributed by atoms with Crippen molar-refractivity contribution in [1.29, 1.82) is 0 Å². The van der Waals surface area contributed by atoms with Crippen LogP contribution in [0.4, 0.5) is 34.1 Å². The highest BCUT2D eigenvalue weighted by atomic mass is 28.3. The molecule has 0 radical (unpaired) electrons. The van der Waals surface area contributed by atoms with Crippen LogP contribution in [0.5, 0.6) is 23.0 Å². The van der Waals surface area contributed by atoms with Crippen molar-refractivity contribution < 1.29 is 9.47 Å². The van der Waals surface area contributed by atoms with Crippen LogP contribution in [-0.4, -0.2) is 26.1 Å². The largest absolute Gasteiger partial charge is 0.458 e. The molecule has 0 amide bonds. The predicted molar refractivity (Wildman–Crippen MR) is 316 cm³/mol. The second-order valence-electron chi connectivity index (χ2n) is 20.3. The van der Waals surface area contributed by atoms with E-state index in [0.29, 0.717) is 0 Å². The van der Waals surface area contributed by atoms with Gasteiger partial charge in [-0.05, 0) is 137 Å². The number of nitrogens with zero attached hydrogens (tertiary/aromatic N) is 4. The molecule has 0 N–H and O–H groups in total. The highest BCUT2D eigenvalue weighted by Crippen LogP contribution is 2.45. The van der Waals surface area contributed by atoms with Crippen LogP contribution in [0.3, 0.4) is 0 Å². The summed E-state index contributed by atoms with van der Waals surface area (Å²) in [6.07, 6.45) is 0. The smallest absolute Gasteiger partial charge is 0.192 e. The maximum absolute atomic E-state index is 6.68. The monoisotopic (exact) mass is 1000 g/mol. The van der Waals surface area contributed by atoms with Crippen molar-refractivity contribution >= 4 is 135 Å². The van der Waals surface area contributed by atoms with E-state index < -0.39 is 16.1 Å². The molecular formula is C68H42N4O2Si2. The molecule has 13 aromatic rings. The fourth-order valence-corrected chi connectivity index (χ4v) is 24.3. The van der Waals surface area contributed by atoms with Crippen molar-refractivity contribution in [2.45, 2.75) is 0 Å². The molecule has 76 heavy (non-hydrogen) atoms. The summed E-state index contributed by atoms with van der Waals surface area (Å²) in [6, 6.07) is 93.2. The molecule has 1 aromatic heterocycles. The Balaban J connectivity index is 0.803. The third-order valence-electron chi connectivity index (χ3n) is 16.7. The Hall–Kier alpha value is -9.61. The van der Waals surface area contributed by atoms with Gasteiger partial charge in [-0.1, -0.05) is 170 Å². The van der Waals surface area contributed by atoms with Crippen molar-refractivity contribution in [2.24, 2.45) is 0 Å². The van der Waals surface area contributed by atoms with Crippen LogP contribution in [-0.2, 0) is 0 Å². The summed E-state index contributed by atoms with van der Waals surface area (Å²) in [5, 5.41) is 14.8. The third-order valence-corrected chi connectivity index (χ3v) is 26.5. The van der Waals surface area contributed by atoms with Crippen molar-refractivity contribution in [1.82, 2.24) is 9.97 Å². The van der Waals surface area contributed by atoms with Crippen LogP contribution in [0.25, 0.3) is 43.6 Å². The molecule has 8 heteroatoms. The fraction of sp³-hybridized carbons (Fsp3) is 0. The SMILES string of the molecule is c1ccc2c(c1)Oc1ccccc1[Si]21c2ccccc2N(c2ccc3c(ccc4nc5ccc6cc(N7c8ccccc8[Si]8(c9ccccc9Oc9ccccc98)c8ccccc87)ccc6c5nc43)c2)c2ccccc21. The van der Waals surface area contributed by atoms with Crippen LogP contribution >= 0.6 is 0 Å². The summed E-state index contributed by atoms with van der Waals surface area (Å²) in [4.78, 5) is 15.8. The number of anilines is 6. The van der Waals surface area contributed by atoms with Gasteiger partial charge in [-0.15, -0.1) is 0 Å². The molecule has 2 spiro atoms. The van der Waals surface area contributed by atoms with E-state index in [1.54, 1.807) is 0 Å². The molecule has 4 aliphatic rings. The minimum absolute atomic E-state index is 0.873. The van der Waals surface area contributed by atoms with Crippen LogP contribution in [0.15, 0.2) is 255 Å². The Labute approximate surface area is 440 Å². The van der Waals surface area contributed by atoms with Gasteiger partial charge in [-0.25, -0.2) is 9.97 Å². The minimum atomic E-state index is -2.83. The van der Waals surface area contributed by atoms with Gasteiger partial charge < -0.3 is 19.3 Å². The number of rotatable bonds is 2. The first-order chi connectivity index (χ1) is 37.7. The van der Waals surface area contributed by atoms with Gasteiger partial charge in [0, 0.05) is 44.9 Å². The van der Waals surface area contributed by atoms with Gasteiger partial charge in [0.2, 0.25) is 0 Å². The zero-order valence-corrected chi connectivity index (χ0v) is 42.9. The lowest BCUT2D eigenvalue weighted by molar-refractivity contribution is 0.487. The first kappa shape index (κ1) is 41.8. The summed E-state index contributed by atoms with van der Waals surface area (Å²) < 4.78 is 13.4. The first-order valence-corrected chi connectivity index (χ1v) is 30.0. The molecule has 12 aromatic carbocycles. The molecule has 6 nitrogen and oxygen atoms in total. The molecule has 5 heterocycles. The van der Waals surface area contributed by atoms with E-state index in [9.17, 15) is 0 Å². The van der Waals surface area contributed by atoms with Crippen molar-refractivity contribution in [2.75, 3.05) is 9.80 Å². The number of fused-ring (bicyclic) bond motifs is 22. The molecule has 4 aliphatic heterocycles. The van der Waals surface area contributed by atoms with Crippen LogP contribution in [0.2, 0.25) is 0 Å². The molecular weight excluding hydrogens is 961 g/mol. The summed E-state index contributed by atoms with van der Waals surface area (Å²) in [5.74, 6) is 3.75. The average molecular weight is 1000 g/mol. The molecule has 17 rings (SSSR count). The van der Waals surface area contributed by atoms with Gasteiger partial charge in [-0.2, -0.15) is 0 Å². The fourth-order valence-electron chi connectivity index (χ4n) is 13.7. The maximum atomic E-state index is 6.68. The molecule has 354 valence electrons. The van der Waals surface area contributed by atoms with E-state index in [1.807, 2.05) is 0 Å². The predicted octanol–water partition coefficient (Wildman–Crippen LogP) is 11.6. The van der Waals surface area contributed by atoms with E-state index in [1.165, 1.54) is 64.2 Å². The lowest BCUT2D eigenvalue weighted by Gasteiger charge is -2.47. The van der Waals surface area contributed by atoms with Gasteiger partial charge in [0.05, 0.1) is 22.1 Å². The van der Waals surface area contributed by atoms with E-state index in [-0.39, 0.29) is 0 Å². The van der Waals surface area contributed by atoms with Gasteiger partial charge in [0.15, 0.2) is 16.1 Å². The zero-order chi connectivity index (χ0) is 49.7. The van der Waals surface area contributed by atoms with Gasteiger partial charge >= 0.3 is 0 Å². The molecule has 0 unspecified atom stereocenters. The molecule has 0 bridgehead atoms. The Morgan fingerprint density at radius 1 is 0.276 bits per heavy atom. The number of ether oxygens (including phenoxy) is 2. The van der Waals surface area contributed by atoms with Gasteiger partial charge in [-0.3, -0.25) is 0 Å². The third kappa shape index (κ3) is 5.43. The normalized spacial score (nSPS) is 14.7. The summed E-state index contributed by atoms with van der Waals surface area (Å²) in [6.45, 7) is 0. The minimum Gasteiger partial charge on any atom is -0.458 e. The second kappa shape index (κ2) is 15.5. The van der Waals surface area contributed by atoms with Crippen molar-refractivity contribution in [3.05, 3.63) is 255 Å². The summed E-state index contributed by atoms with van der Waals surface area (Å²) in [5.41, 5.74) is 10.5. The van der Waals surface area contributed by atoms with E-state index in [2.05, 4.69) is 265 Å². The van der Waals surface area contributed by atoms with E-state index in [0.717, 1.165) is 78.0 Å². The number of para-hydroxylation sites is 8. The van der Waals surface area contributed by atoms with Crippen LogP contribution in [0, 0.1) is 0 Å². The molecule has 0 fully saturated rings. The number of benzene rings is 12. The standard InChI is InChI=1S/C68H42N4O2Si2/c1-9-25-59-51(17-1)71(52-18-2-10-26-60(52)75(59)63-29-13-5-21-55(63)73-56-22-6-14-30-64(56)75)45-35-37-47-43(41-45)33-39-49-67(47)70-68-48-38-36-46(42-44(48)34-40-50(68)69-49)72-53-19-3-11-27-61(53)76(62-28-12-4-20-54(62)72)65-31-15-7-23-57(65)74-58-24-8-16-32-66(58)76/h1-42H. The Morgan fingerprint density at radius 2 is 0.579 bits per heavy atom. The van der Waals surface area contributed by atoms with Crippen LogP contribution < -0.4 is 60.8 Å². The topological polar surface area (TPSA) is 50.7 Å². The lowest BCUT2D eigenvalue weighted by atomic mass is 10.0. The Kier molecular flexibility index (Phi) is 8.51. The molecule has 0 saturated carbocycles. The highest BCUT2D eigenvalue weighted by Gasteiger charge is 2.55. The van der Waals surface area contributed by atoms with E-state index >= 15 is 0 Å². The molecule has 0 aliphatic carbocycles. The lowest BCUT2D eigenvalue weighted by Crippen LogP contribution is -2.78. The number of hydrogen-bond donors (Lipinski definition) is 0. The van der Waals surface area contributed by atoms with Gasteiger partial charge in [0.1, 0.15) is 23.0 Å².